The highest BCUT2D eigenvalue weighted by Crippen LogP contribution is 2.62. The summed E-state index contributed by atoms with van der Waals surface area (Å²) in [6, 6.07) is 9.42. The van der Waals surface area contributed by atoms with Crippen molar-refractivity contribution in [2.75, 3.05) is 13.2 Å². The van der Waals surface area contributed by atoms with E-state index in [1.165, 1.54) is 19.9 Å². The largest absolute Gasteiger partial charge is 0.459 e. The van der Waals surface area contributed by atoms with Gasteiger partial charge in [0.15, 0.2) is 30.2 Å². The third-order valence-electron chi connectivity index (χ3n) is 12.0. The lowest BCUT2D eigenvalue weighted by Gasteiger charge is -2.46. The van der Waals surface area contributed by atoms with Crippen LogP contribution in [0.3, 0.4) is 0 Å². The molecule has 1 saturated carbocycles. The number of aliphatic hydroxyl groups excluding tert-OH is 3. The summed E-state index contributed by atoms with van der Waals surface area (Å²) in [5.41, 5.74) is 0.102. The zero-order valence-electron chi connectivity index (χ0n) is 32.5. The van der Waals surface area contributed by atoms with Gasteiger partial charge in [-0.3, -0.25) is 14.4 Å². The molecule has 1 aliphatic carbocycles. The number of benzene rings is 1. The Labute approximate surface area is 329 Å². The maximum Gasteiger partial charge on any atom is 0.331 e. The molecule has 17 atom stereocenters. The second-order valence-corrected chi connectivity index (χ2v) is 16.0. The quantitative estimate of drug-likeness (QED) is 0.139. The predicted octanol–water partition coefficient (Wildman–Crippen LogP) is 1.31. The van der Waals surface area contributed by atoms with Crippen LogP contribution in [0, 0.1) is 17.8 Å². The highest BCUT2D eigenvalue weighted by molar-refractivity contribution is 5.87. The summed E-state index contributed by atoms with van der Waals surface area (Å²) in [7, 11) is 0. The highest BCUT2D eigenvalue weighted by Gasteiger charge is 2.76. The van der Waals surface area contributed by atoms with Gasteiger partial charge in [0.2, 0.25) is 12.1 Å². The molecule has 314 valence electrons. The fraction of sp³-hybridized carbons (Fsp3) is 0.700. The van der Waals surface area contributed by atoms with Gasteiger partial charge >= 0.3 is 23.9 Å². The van der Waals surface area contributed by atoms with Gasteiger partial charge in [0.1, 0.15) is 24.4 Å². The number of fused-ring (bicyclic) bond motifs is 3. The predicted molar refractivity (Wildman–Crippen MR) is 191 cm³/mol. The maximum absolute atomic E-state index is 14.0. The molecule has 17 nitrogen and oxygen atoms in total. The second kappa shape index (κ2) is 16.6. The topological polar surface area (TPSA) is 225 Å². The van der Waals surface area contributed by atoms with Crippen LogP contribution in [0.2, 0.25) is 0 Å². The van der Waals surface area contributed by atoms with Crippen molar-refractivity contribution in [3.63, 3.8) is 0 Å². The SMILES string of the molecule is CC(=O)O[C@@H]1[C@@H](O)[C@H](O[C@H]2[C@H](OC(=O)[C@H]3CC[C@H]4[C@@H](C3)O[C@@]3(C[C@H](OC(=O)/C=C/c5ccccc5)[C@H](C)CO3)[C@]43CO3)O[C@H](C)[C@@H](O)[C@@H]2OC(C)=O)O[C@H](C)[C@H]1O. The van der Waals surface area contributed by atoms with Crippen LogP contribution in [0.5, 0.6) is 0 Å². The van der Waals surface area contributed by atoms with Gasteiger partial charge in [-0.2, -0.15) is 0 Å². The highest BCUT2D eigenvalue weighted by atomic mass is 16.8. The summed E-state index contributed by atoms with van der Waals surface area (Å²) in [6.07, 6.45) is -10.6. The molecule has 0 radical (unpaired) electrons. The van der Waals surface area contributed by atoms with Crippen molar-refractivity contribution >= 4 is 30.0 Å². The smallest absolute Gasteiger partial charge is 0.331 e. The first-order valence-corrected chi connectivity index (χ1v) is 19.6. The van der Waals surface area contributed by atoms with Crippen molar-refractivity contribution in [2.45, 2.75) is 145 Å². The summed E-state index contributed by atoms with van der Waals surface area (Å²) >= 11 is 0. The lowest BCUT2D eigenvalue weighted by Crippen LogP contribution is -2.64. The van der Waals surface area contributed by atoms with E-state index in [-0.39, 0.29) is 31.3 Å². The van der Waals surface area contributed by atoms with E-state index < -0.39 is 115 Å². The van der Waals surface area contributed by atoms with E-state index >= 15 is 0 Å². The van der Waals surface area contributed by atoms with Gasteiger partial charge in [-0.05, 0) is 44.7 Å². The van der Waals surface area contributed by atoms with Gasteiger partial charge in [0.25, 0.3) is 0 Å². The van der Waals surface area contributed by atoms with Gasteiger partial charge in [-0.1, -0.05) is 37.3 Å². The molecule has 6 fully saturated rings. The summed E-state index contributed by atoms with van der Waals surface area (Å²) < 4.78 is 59.4. The molecule has 3 N–H and O–H groups in total. The fourth-order valence-corrected chi connectivity index (χ4v) is 8.85. The average molecular weight is 805 g/mol. The molecule has 57 heavy (non-hydrogen) atoms. The van der Waals surface area contributed by atoms with E-state index in [1.807, 2.05) is 37.3 Å². The number of hydrogen-bond acceptors (Lipinski definition) is 17. The van der Waals surface area contributed by atoms with E-state index in [1.54, 1.807) is 6.08 Å². The molecule has 7 rings (SSSR count). The van der Waals surface area contributed by atoms with Gasteiger partial charge in [0, 0.05) is 38.2 Å². The first-order chi connectivity index (χ1) is 27.1. The minimum absolute atomic E-state index is 0.109. The van der Waals surface area contributed by atoms with Gasteiger partial charge in [0.05, 0.1) is 37.4 Å². The standard InChI is InChI=1S/C40H52O17/c1-19-17-48-40(16-28(19)54-29(43)14-11-24-9-7-6-8-10-24)39(18-49-39)26-13-12-25(15-27(26)57-40)36(47)56-38-35(34(53-23(5)42)31(45)21(3)51-38)55-37-32(46)33(52-22(4)41)30(44)20(2)50-37/h6-11,14,19-21,25-28,30-35,37-38,44-46H,12-13,15-18H2,1-5H3/b14-11+/t19-,20-,21-,25+,26+,27-,28+,30-,31-,32-,33+,34+,35-,37+,38+,39+,40+/m1/s1. The molecule has 0 bridgehead atoms. The van der Waals surface area contributed by atoms with E-state index in [0.717, 1.165) is 19.4 Å². The molecular weight excluding hydrogens is 752 g/mol. The summed E-state index contributed by atoms with van der Waals surface area (Å²) in [6.45, 7) is 7.81. The van der Waals surface area contributed by atoms with Crippen LogP contribution in [0.4, 0.5) is 0 Å². The first-order valence-electron chi connectivity index (χ1n) is 19.6. The molecule has 17 heteroatoms. The van der Waals surface area contributed by atoms with Crippen molar-refractivity contribution < 1.29 is 81.9 Å². The van der Waals surface area contributed by atoms with E-state index in [4.69, 9.17) is 47.4 Å². The number of epoxide rings is 1. The average Bonchev–Trinajstić information content (AvgIpc) is 3.94. The van der Waals surface area contributed by atoms with Gasteiger partial charge in [-0.15, -0.1) is 0 Å². The molecule has 5 heterocycles. The first kappa shape index (κ1) is 41.6. The summed E-state index contributed by atoms with van der Waals surface area (Å²) in [5.74, 6) is -4.80. The molecular formula is C40H52O17. The Balaban J connectivity index is 1.04. The molecule has 5 aliphatic heterocycles. The molecule has 1 aromatic carbocycles. The second-order valence-electron chi connectivity index (χ2n) is 16.0. The van der Waals surface area contributed by atoms with Gasteiger partial charge < -0.3 is 62.7 Å². The lowest BCUT2D eigenvalue weighted by atomic mass is 9.72. The van der Waals surface area contributed by atoms with E-state index in [0.29, 0.717) is 19.4 Å². The number of rotatable bonds is 9. The van der Waals surface area contributed by atoms with Crippen LogP contribution in [0.1, 0.15) is 65.9 Å². The van der Waals surface area contributed by atoms with Crippen molar-refractivity contribution in [1.82, 2.24) is 0 Å². The fourth-order valence-electron chi connectivity index (χ4n) is 8.85. The summed E-state index contributed by atoms with van der Waals surface area (Å²) in [4.78, 5) is 50.9. The third kappa shape index (κ3) is 8.36. The Morgan fingerprint density at radius 3 is 2.11 bits per heavy atom. The molecule has 6 aliphatic rings. The normalized spacial score (nSPS) is 44.0. The van der Waals surface area contributed by atoms with Crippen LogP contribution in [0.15, 0.2) is 36.4 Å². The zero-order chi connectivity index (χ0) is 40.8. The number of ether oxygens (including phenoxy) is 10. The molecule has 2 spiro atoms. The van der Waals surface area contributed by atoms with Crippen molar-refractivity contribution in [3.8, 4) is 0 Å². The van der Waals surface area contributed by atoms with E-state index in [2.05, 4.69) is 0 Å². The Hall–Kier alpha value is -3.52. The monoisotopic (exact) mass is 804 g/mol. The van der Waals surface area contributed by atoms with E-state index in [9.17, 15) is 34.5 Å². The third-order valence-corrected chi connectivity index (χ3v) is 12.0. The lowest BCUT2D eigenvalue weighted by molar-refractivity contribution is -0.358. The number of carbonyl (C=O) groups is 4. The zero-order valence-corrected chi connectivity index (χ0v) is 32.5. The van der Waals surface area contributed by atoms with Crippen LogP contribution >= 0.6 is 0 Å². The Bertz CT molecular complexity index is 1670. The van der Waals surface area contributed by atoms with Crippen LogP contribution < -0.4 is 0 Å². The van der Waals surface area contributed by atoms with Crippen molar-refractivity contribution in [3.05, 3.63) is 42.0 Å². The van der Waals surface area contributed by atoms with Crippen molar-refractivity contribution in [2.24, 2.45) is 17.8 Å². The molecule has 0 aromatic heterocycles. The molecule has 5 saturated heterocycles. The number of aliphatic hydroxyl groups is 3. The minimum Gasteiger partial charge on any atom is -0.459 e. The molecule has 0 amide bonds. The van der Waals surface area contributed by atoms with Crippen LogP contribution in [-0.4, -0.2) is 137 Å². The number of carbonyl (C=O) groups excluding carboxylic acids is 4. The van der Waals surface area contributed by atoms with Crippen LogP contribution in [-0.2, 0) is 66.5 Å². The summed E-state index contributed by atoms with van der Waals surface area (Å²) in [5, 5.41) is 32.7. The molecule has 1 aromatic rings. The van der Waals surface area contributed by atoms with Gasteiger partial charge in [-0.25, -0.2) is 4.79 Å². The Morgan fingerprint density at radius 1 is 0.789 bits per heavy atom. The minimum atomic E-state index is -1.73. The maximum atomic E-state index is 14.0. The van der Waals surface area contributed by atoms with Crippen molar-refractivity contribution in [1.29, 1.82) is 0 Å². The van der Waals surface area contributed by atoms with Crippen LogP contribution in [0.25, 0.3) is 6.08 Å². The Morgan fingerprint density at radius 2 is 1.44 bits per heavy atom. The Kier molecular flexibility index (Phi) is 12.1. The number of hydrogen-bond donors (Lipinski definition) is 3. The molecule has 0 unspecified atom stereocenters. The number of esters is 4.